The van der Waals surface area contributed by atoms with E-state index in [1.807, 2.05) is 0 Å². The number of rotatable bonds is 3. The fourth-order valence-electron chi connectivity index (χ4n) is 3.90. The van der Waals surface area contributed by atoms with Crippen LogP contribution in [0.15, 0.2) is 0 Å². The third-order valence-electron chi connectivity index (χ3n) is 5.10. The van der Waals surface area contributed by atoms with Gasteiger partial charge in [0.15, 0.2) is 0 Å². The van der Waals surface area contributed by atoms with E-state index >= 15 is 0 Å². The van der Waals surface area contributed by atoms with Crippen LogP contribution in [0, 0.1) is 16.7 Å². The van der Waals surface area contributed by atoms with E-state index in [1.54, 1.807) is 0 Å². The van der Waals surface area contributed by atoms with Crippen LogP contribution in [0.25, 0.3) is 0 Å². The number of hydrogen-bond donors (Lipinski definition) is 1. The molecule has 2 rings (SSSR count). The Bertz CT molecular complexity index is 290. The molecule has 0 amide bonds. The summed E-state index contributed by atoms with van der Waals surface area (Å²) >= 11 is -1.98. The standard InChI is InChI=1S/C11H20O3S/c1-10(2)8-3-4-11(10,9(12)7-8)5-6-15(13)14/h8-9,12H,3-7H2,1-2H3,(H,13,14)/p-1. The molecule has 2 aliphatic rings. The normalized spacial score (nSPS) is 44.5. The molecule has 4 heteroatoms. The van der Waals surface area contributed by atoms with Crippen molar-refractivity contribution in [3.63, 3.8) is 0 Å². The Balaban J connectivity index is 2.20. The average Bonchev–Trinajstić information content (AvgIpc) is 2.47. The highest BCUT2D eigenvalue weighted by atomic mass is 32.2. The van der Waals surface area contributed by atoms with Crippen molar-refractivity contribution < 1.29 is 13.9 Å². The largest absolute Gasteiger partial charge is 0.772 e. The monoisotopic (exact) mass is 231 g/mol. The number of fused-ring (bicyclic) bond motifs is 2. The second-order valence-corrected chi connectivity index (χ2v) is 6.64. The van der Waals surface area contributed by atoms with Gasteiger partial charge in [-0.15, -0.1) is 0 Å². The van der Waals surface area contributed by atoms with Crippen LogP contribution < -0.4 is 0 Å². The van der Waals surface area contributed by atoms with Crippen LogP contribution in [0.3, 0.4) is 0 Å². The molecule has 2 saturated carbocycles. The molecule has 0 saturated heterocycles. The van der Waals surface area contributed by atoms with Crippen LogP contribution in [-0.4, -0.2) is 25.7 Å². The summed E-state index contributed by atoms with van der Waals surface area (Å²) in [5.74, 6) is 0.764. The van der Waals surface area contributed by atoms with E-state index in [-0.39, 0.29) is 22.7 Å². The molecule has 1 N–H and O–H groups in total. The first kappa shape index (κ1) is 11.6. The molecule has 2 fully saturated rings. The quantitative estimate of drug-likeness (QED) is 0.748. The van der Waals surface area contributed by atoms with Crippen LogP contribution >= 0.6 is 0 Å². The molecule has 0 aromatic rings. The molecule has 0 heterocycles. The zero-order valence-corrected chi connectivity index (χ0v) is 10.2. The average molecular weight is 231 g/mol. The van der Waals surface area contributed by atoms with Gasteiger partial charge in [-0.3, -0.25) is 4.21 Å². The van der Waals surface area contributed by atoms with E-state index < -0.39 is 11.1 Å². The van der Waals surface area contributed by atoms with E-state index in [0.29, 0.717) is 12.3 Å². The van der Waals surface area contributed by atoms with Crippen molar-refractivity contribution in [3.8, 4) is 0 Å². The third kappa shape index (κ3) is 1.49. The fourth-order valence-corrected chi connectivity index (χ4v) is 4.44. The van der Waals surface area contributed by atoms with E-state index in [1.165, 1.54) is 0 Å². The lowest BCUT2D eigenvalue weighted by Gasteiger charge is -2.41. The first-order valence-corrected chi connectivity index (χ1v) is 6.88. The molecule has 0 spiro atoms. The van der Waals surface area contributed by atoms with Crippen molar-refractivity contribution >= 4 is 11.1 Å². The van der Waals surface area contributed by atoms with Gasteiger partial charge in [0.05, 0.1) is 6.10 Å². The minimum absolute atomic E-state index is 0.103. The van der Waals surface area contributed by atoms with E-state index in [9.17, 15) is 13.9 Å². The number of hydrogen-bond acceptors (Lipinski definition) is 3. The first-order chi connectivity index (χ1) is 6.90. The van der Waals surface area contributed by atoms with Crippen molar-refractivity contribution in [1.82, 2.24) is 0 Å². The molecule has 4 unspecified atom stereocenters. The lowest BCUT2D eigenvalue weighted by atomic mass is 9.67. The molecule has 0 radical (unpaired) electrons. The zero-order chi connectivity index (χ0) is 11.3. The van der Waals surface area contributed by atoms with Crippen LogP contribution in [0.4, 0.5) is 0 Å². The third-order valence-corrected chi connectivity index (χ3v) is 5.64. The zero-order valence-electron chi connectivity index (χ0n) is 9.36. The van der Waals surface area contributed by atoms with Crippen LogP contribution in [0.5, 0.6) is 0 Å². The molecule has 2 bridgehead atoms. The summed E-state index contributed by atoms with van der Waals surface area (Å²) in [6.45, 7) is 4.38. The van der Waals surface area contributed by atoms with Gasteiger partial charge in [-0.2, -0.15) is 0 Å². The summed E-state index contributed by atoms with van der Waals surface area (Å²) in [7, 11) is 0. The number of aliphatic hydroxyl groups is 1. The van der Waals surface area contributed by atoms with Crippen molar-refractivity contribution in [2.45, 2.75) is 45.6 Å². The molecule has 2 aliphatic carbocycles. The Labute approximate surface area is 93.5 Å². The topological polar surface area (TPSA) is 60.4 Å². The summed E-state index contributed by atoms with van der Waals surface area (Å²) in [5, 5.41) is 10.1. The van der Waals surface area contributed by atoms with Crippen molar-refractivity contribution in [2.24, 2.45) is 16.7 Å². The molecular weight excluding hydrogens is 212 g/mol. The molecule has 0 aromatic carbocycles. The number of aliphatic hydroxyl groups excluding tert-OH is 1. The molecule has 88 valence electrons. The molecule has 3 nitrogen and oxygen atoms in total. The van der Waals surface area contributed by atoms with Gasteiger partial charge in [0.1, 0.15) is 0 Å². The van der Waals surface area contributed by atoms with Gasteiger partial charge in [0.2, 0.25) is 0 Å². The van der Waals surface area contributed by atoms with Crippen LogP contribution in [0.1, 0.15) is 39.5 Å². The minimum atomic E-state index is -1.98. The Hall–Kier alpha value is 0.0700. The predicted molar refractivity (Wildman–Crippen MR) is 58.0 cm³/mol. The molecule has 0 aliphatic heterocycles. The Morgan fingerprint density at radius 1 is 1.53 bits per heavy atom. The molecular formula is C11H19O3S-. The Morgan fingerprint density at radius 3 is 2.60 bits per heavy atom. The lowest BCUT2D eigenvalue weighted by molar-refractivity contribution is -0.00562. The van der Waals surface area contributed by atoms with Gasteiger partial charge in [-0.1, -0.05) is 24.9 Å². The minimum Gasteiger partial charge on any atom is -0.772 e. The van der Waals surface area contributed by atoms with Gasteiger partial charge in [0.25, 0.3) is 0 Å². The van der Waals surface area contributed by atoms with Gasteiger partial charge < -0.3 is 9.66 Å². The van der Waals surface area contributed by atoms with Gasteiger partial charge >= 0.3 is 0 Å². The van der Waals surface area contributed by atoms with Gasteiger partial charge in [0, 0.05) is 11.2 Å². The SMILES string of the molecule is CC1(C)C2CCC1(CCS(=O)[O-])C(O)C2. The van der Waals surface area contributed by atoms with E-state index in [0.717, 1.165) is 19.3 Å². The predicted octanol–water partition coefficient (Wildman–Crippen LogP) is 1.44. The lowest BCUT2D eigenvalue weighted by Crippen LogP contribution is -2.39. The van der Waals surface area contributed by atoms with Crippen LogP contribution in [0.2, 0.25) is 0 Å². The highest BCUT2D eigenvalue weighted by molar-refractivity contribution is 7.79. The van der Waals surface area contributed by atoms with Crippen molar-refractivity contribution in [2.75, 3.05) is 5.75 Å². The second-order valence-electron chi connectivity index (χ2n) is 5.62. The highest BCUT2D eigenvalue weighted by Crippen LogP contribution is 2.67. The smallest absolute Gasteiger partial charge is 0.0604 e. The maximum Gasteiger partial charge on any atom is 0.0604 e. The summed E-state index contributed by atoms with van der Waals surface area (Å²) < 4.78 is 21.3. The molecule has 0 aromatic heterocycles. The van der Waals surface area contributed by atoms with E-state index in [4.69, 9.17) is 0 Å². The Kier molecular flexibility index (Phi) is 2.72. The van der Waals surface area contributed by atoms with Crippen molar-refractivity contribution in [1.29, 1.82) is 0 Å². The fraction of sp³-hybridized carbons (Fsp3) is 1.00. The molecule has 4 atom stereocenters. The maximum absolute atomic E-state index is 10.7. The van der Waals surface area contributed by atoms with Crippen molar-refractivity contribution in [3.05, 3.63) is 0 Å². The second kappa shape index (κ2) is 3.54. The summed E-state index contributed by atoms with van der Waals surface area (Å²) in [6.07, 6.45) is 3.32. The Morgan fingerprint density at radius 2 is 2.20 bits per heavy atom. The first-order valence-electron chi connectivity index (χ1n) is 5.64. The van der Waals surface area contributed by atoms with E-state index in [2.05, 4.69) is 13.8 Å². The summed E-state index contributed by atoms with van der Waals surface area (Å²) in [4.78, 5) is 0. The maximum atomic E-state index is 10.7. The summed E-state index contributed by atoms with van der Waals surface area (Å²) in [5.41, 5.74) is -0.0382. The molecule has 15 heavy (non-hydrogen) atoms. The highest BCUT2D eigenvalue weighted by Gasteiger charge is 2.63. The van der Waals surface area contributed by atoms with Crippen LogP contribution in [-0.2, 0) is 11.1 Å². The summed E-state index contributed by atoms with van der Waals surface area (Å²) in [6, 6.07) is 0. The van der Waals surface area contributed by atoms with Gasteiger partial charge in [-0.25, -0.2) is 0 Å². The van der Waals surface area contributed by atoms with Gasteiger partial charge in [-0.05, 0) is 37.0 Å².